The molecule has 0 radical (unpaired) electrons. The number of ether oxygens (including phenoxy) is 1. The van der Waals surface area contributed by atoms with Crippen molar-refractivity contribution in [3.8, 4) is 5.75 Å². The van der Waals surface area contributed by atoms with Crippen molar-refractivity contribution in [2.45, 2.75) is 39.8 Å². The highest BCUT2D eigenvalue weighted by atomic mass is 79.9. The molecule has 2 aromatic carbocycles. The van der Waals surface area contributed by atoms with Gasteiger partial charge in [-0.15, -0.1) is 0 Å². The predicted octanol–water partition coefficient (Wildman–Crippen LogP) is 5.90. The minimum atomic E-state index is -0.767. The molecule has 4 rings (SSSR count). The number of ketones is 1. The average molecular weight is 555 g/mol. The van der Waals surface area contributed by atoms with Gasteiger partial charge in [0.25, 0.3) is 5.91 Å². The molecule has 0 saturated carbocycles. The molecule has 0 spiro atoms. The van der Waals surface area contributed by atoms with E-state index in [2.05, 4.69) is 34.7 Å². The van der Waals surface area contributed by atoms with Crippen molar-refractivity contribution >= 4 is 38.6 Å². The second kappa shape index (κ2) is 10.9. The Labute approximate surface area is 219 Å². The fourth-order valence-corrected chi connectivity index (χ4v) is 4.92. The molecule has 190 valence electrons. The zero-order valence-electron chi connectivity index (χ0n) is 21.0. The van der Waals surface area contributed by atoms with E-state index >= 15 is 0 Å². The number of hydrogen-bond acceptors (Lipinski definition) is 6. The summed E-state index contributed by atoms with van der Waals surface area (Å²) >= 11 is 3.43. The van der Waals surface area contributed by atoms with Crippen molar-refractivity contribution in [3.63, 3.8) is 0 Å². The van der Waals surface area contributed by atoms with Crippen molar-refractivity contribution in [1.29, 1.82) is 0 Å². The van der Waals surface area contributed by atoms with Crippen LogP contribution in [0.4, 0.5) is 0 Å². The Morgan fingerprint density at radius 1 is 1.17 bits per heavy atom. The molecule has 36 heavy (non-hydrogen) atoms. The molecule has 1 aliphatic heterocycles. The summed E-state index contributed by atoms with van der Waals surface area (Å²) in [6.45, 7) is 10.6. The van der Waals surface area contributed by atoms with Crippen molar-refractivity contribution in [2.75, 3.05) is 26.2 Å². The molecule has 1 atom stereocenters. The van der Waals surface area contributed by atoms with Gasteiger partial charge in [-0.3, -0.25) is 9.59 Å². The second-order valence-electron chi connectivity index (χ2n) is 9.05. The maximum atomic E-state index is 13.8. The van der Waals surface area contributed by atoms with Gasteiger partial charge in [0.15, 0.2) is 11.5 Å². The monoisotopic (exact) mass is 554 g/mol. The Bertz CT molecular complexity index is 1310. The number of amides is 1. The van der Waals surface area contributed by atoms with E-state index in [0.29, 0.717) is 30.0 Å². The molecule has 0 bridgehead atoms. The van der Waals surface area contributed by atoms with Gasteiger partial charge < -0.3 is 24.1 Å². The van der Waals surface area contributed by atoms with E-state index in [1.165, 1.54) is 0 Å². The van der Waals surface area contributed by atoms with E-state index in [-0.39, 0.29) is 17.4 Å². The van der Waals surface area contributed by atoms with Crippen molar-refractivity contribution in [1.82, 2.24) is 9.80 Å². The van der Waals surface area contributed by atoms with Gasteiger partial charge in [0, 0.05) is 22.9 Å². The van der Waals surface area contributed by atoms with Crippen LogP contribution in [0.15, 0.2) is 68.8 Å². The Hall–Kier alpha value is -3.10. The minimum absolute atomic E-state index is 0.0133. The van der Waals surface area contributed by atoms with E-state index in [1.807, 2.05) is 50.2 Å². The normalized spacial score (nSPS) is 16.1. The molecule has 0 aliphatic carbocycles. The lowest BCUT2D eigenvalue weighted by Gasteiger charge is -2.29. The highest BCUT2D eigenvalue weighted by molar-refractivity contribution is 9.10. The second-order valence-corrected chi connectivity index (χ2v) is 9.97. The number of hydrogen-bond donors (Lipinski definition) is 1. The third-order valence-electron chi connectivity index (χ3n) is 6.35. The summed E-state index contributed by atoms with van der Waals surface area (Å²) in [5.74, 6) is -0.919. The smallest absolute Gasteiger partial charge is 0.290 e. The van der Waals surface area contributed by atoms with Gasteiger partial charge in [0.2, 0.25) is 5.78 Å². The molecule has 7 nitrogen and oxygen atoms in total. The fraction of sp³-hybridized carbons (Fsp3) is 0.357. The zero-order chi connectivity index (χ0) is 26.0. The molecule has 1 unspecified atom stereocenters. The molecule has 8 heteroatoms. The minimum Gasteiger partial charge on any atom is -0.503 e. The molecule has 1 amide bonds. The number of halogens is 1. The van der Waals surface area contributed by atoms with Gasteiger partial charge in [-0.25, -0.2) is 0 Å². The molecule has 0 saturated heterocycles. The number of aliphatic hydroxyl groups excluding tert-OH is 1. The first-order chi connectivity index (χ1) is 17.2. The largest absolute Gasteiger partial charge is 0.503 e. The van der Waals surface area contributed by atoms with Crippen molar-refractivity contribution in [2.24, 2.45) is 0 Å². The topological polar surface area (TPSA) is 83.2 Å². The Balaban J connectivity index is 1.77. The fourth-order valence-electron chi connectivity index (χ4n) is 4.54. The van der Waals surface area contributed by atoms with Crippen LogP contribution >= 0.6 is 15.9 Å². The third-order valence-corrected chi connectivity index (χ3v) is 6.84. The lowest BCUT2D eigenvalue weighted by Crippen LogP contribution is -2.38. The summed E-state index contributed by atoms with van der Waals surface area (Å²) in [6, 6.07) is 13.7. The number of aliphatic hydroxyl groups is 1. The van der Waals surface area contributed by atoms with Gasteiger partial charge in [0.1, 0.15) is 11.3 Å². The summed E-state index contributed by atoms with van der Waals surface area (Å²) in [5, 5.41) is 11.7. The average Bonchev–Trinajstić information content (AvgIpc) is 3.38. The zero-order valence-corrected chi connectivity index (χ0v) is 22.5. The molecular formula is C28H31BrN2O5. The van der Waals surface area contributed by atoms with E-state index in [0.717, 1.165) is 22.9 Å². The Morgan fingerprint density at radius 3 is 2.61 bits per heavy atom. The number of carbonyl (C=O) groups is 2. The summed E-state index contributed by atoms with van der Waals surface area (Å²) in [4.78, 5) is 30.8. The van der Waals surface area contributed by atoms with E-state index < -0.39 is 23.5 Å². The van der Waals surface area contributed by atoms with Crippen LogP contribution in [0.5, 0.6) is 5.75 Å². The standard InChI is InChI=1S/C28H31BrN2O5/c1-5-30(6-2)12-13-31-25(18-8-7-9-21(15-18)35-17(3)4)24(27(33)28(31)34)26(32)23-16-19-14-20(29)10-11-22(19)36-23/h7-11,14-17,25,33H,5-6,12-13H2,1-4H3. The molecule has 1 N–H and O–H groups in total. The van der Waals surface area contributed by atoms with Crippen LogP contribution in [-0.2, 0) is 4.79 Å². The Kier molecular flexibility index (Phi) is 7.85. The molecule has 0 fully saturated rings. The first kappa shape index (κ1) is 26.0. The summed E-state index contributed by atoms with van der Waals surface area (Å²) in [6.07, 6.45) is -0.0378. The third kappa shape index (κ3) is 5.20. The van der Waals surface area contributed by atoms with Gasteiger partial charge in [-0.05, 0) is 68.9 Å². The van der Waals surface area contributed by atoms with Crippen LogP contribution in [0.1, 0.15) is 49.9 Å². The summed E-state index contributed by atoms with van der Waals surface area (Å²) in [5.41, 5.74) is 1.25. The van der Waals surface area contributed by atoms with Gasteiger partial charge in [-0.2, -0.15) is 0 Å². The van der Waals surface area contributed by atoms with Gasteiger partial charge in [0.05, 0.1) is 17.7 Å². The number of Topliss-reactive ketones (excluding diaryl/α,β-unsaturated/α-hetero) is 1. The number of furan rings is 1. The van der Waals surface area contributed by atoms with E-state index in [9.17, 15) is 14.7 Å². The number of carbonyl (C=O) groups excluding carboxylic acids is 2. The highest BCUT2D eigenvalue weighted by Gasteiger charge is 2.44. The predicted molar refractivity (Wildman–Crippen MR) is 142 cm³/mol. The lowest BCUT2D eigenvalue weighted by atomic mass is 9.94. The number of rotatable bonds is 10. The van der Waals surface area contributed by atoms with E-state index in [1.54, 1.807) is 17.0 Å². The quantitative estimate of drug-likeness (QED) is 0.314. The Morgan fingerprint density at radius 2 is 1.92 bits per heavy atom. The van der Waals surface area contributed by atoms with Crippen LogP contribution in [0, 0.1) is 0 Å². The summed E-state index contributed by atoms with van der Waals surface area (Å²) in [7, 11) is 0. The maximum absolute atomic E-state index is 13.8. The lowest BCUT2D eigenvalue weighted by molar-refractivity contribution is -0.129. The molecule has 1 aromatic heterocycles. The molecular weight excluding hydrogens is 524 g/mol. The molecule has 1 aliphatic rings. The first-order valence-corrected chi connectivity index (χ1v) is 13.0. The van der Waals surface area contributed by atoms with E-state index in [4.69, 9.17) is 9.15 Å². The number of fused-ring (bicyclic) bond motifs is 1. The maximum Gasteiger partial charge on any atom is 0.290 e. The van der Waals surface area contributed by atoms with Crippen molar-refractivity contribution < 1.29 is 23.8 Å². The first-order valence-electron chi connectivity index (χ1n) is 12.2. The summed E-state index contributed by atoms with van der Waals surface area (Å²) < 4.78 is 12.6. The highest BCUT2D eigenvalue weighted by Crippen LogP contribution is 2.40. The molecule has 3 aromatic rings. The van der Waals surface area contributed by atoms with Gasteiger partial charge in [-0.1, -0.05) is 41.9 Å². The number of likely N-dealkylation sites (N-methyl/N-ethyl adjacent to an activating group) is 1. The van der Waals surface area contributed by atoms with Crippen molar-refractivity contribution in [3.05, 3.63) is 75.7 Å². The number of nitrogens with zero attached hydrogens (tertiary/aromatic N) is 2. The van der Waals surface area contributed by atoms with Crippen LogP contribution in [0.3, 0.4) is 0 Å². The van der Waals surface area contributed by atoms with Crippen LogP contribution in [0.2, 0.25) is 0 Å². The SMILES string of the molecule is CCN(CC)CCN1C(=O)C(O)=C(C(=O)c2cc3cc(Br)ccc3o2)C1c1cccc(OC(C)C)c1. The van der Waals surface area contributed by atoms with Gasteiger partial charge >= 0.3 is 0 Å². The van der Waals surface area contributed by atoms with Crippen LogP contribution < -0.4 is 4.74 Å². The molecule has 2 heterocycles. The number of benzene rings is 2. The van der Waals surface area contributed by atoms with Crippen LogP contribution in [0.25, 0.3) is 11.0 Å². The van der Waals surface area contributed by atoms with Crippen LogP contribution in [-0.4, -0.2) is 58.9 Å².